The summed E-state index contributed by atoms with van der Waals surface area (Å²) >= 11 is 0. The smallest absolute Gasteiger partial charge is 0.0991 e. The van der Waals surface area contributed by atoms with Crippen LogP contribution in [0.3, 0.4) is 0 Å². The molecule has 2 nitrogen and oxygen atoms in total. The van der Waals surface area contributed by atoms with Gasteiger partial charge >= 0.3 is 0 Å². The average molecular weight is 182 g/mol. The van der Waals surface area contributed by atoms with E-state index in [4.69, 9.17) is 11.0 Å². The monoisotopic (exact) mass is 182 g/mol. The first-order chi connectivity index (χ1) is 6.83. The second-order valence-electron chi connectivity index (χ2n) is 3.21. The van der Waals surface area contributed by atoms with E-state index in [1.165, 1.54) is 0 Å². The topological polar surface area (TPSA) is 49.8 Å². The highest BCUT2D eigenvalue weighted by Crippen LogP contribution is 2.17. The van der Waals surface area contributed by atoms with Crippen molar-refractivity contribution in [2.75, 3.05) is 0 Å². The fourth-order valence-electron chi connectivity index (χ4n) is 1.49. The van der Waals surface area contributed by atoms with E-state index in [2.05, 4.69) is 12.1 Å². The molecule has 0 atom stereocenters. The molecule has 0 amide bonds. The second-order valence-corrected chi connectivity index (χ2v) is 3.21. The zero-order chi connectivity index (χ0) is 9.97. The summed E-state index contributed by atoms with van der Waals surface area (Å²) in [5.41, 5.74) is 7.35. The van der Waals surface area contributed by atoms with Crippen LogP contribution < -0.4 is 5.73 Å². The van der Waals surface area contributed by atoms with Gasteiger partial charge in [0.25, 0.3) is 0 Å². The summed E-state index contributed by atoms with van der Waals surface area (Å²) in [7, 11) is 0. The standard InChI is InChI=1S/C12H10N2/c13-7-9-1-3-11-6-10(8-14)2-4-12(11)5-9/h1-6H,7,13H2. The van der Waals surface area contributed by atoms with E-state index in [9.17, 15) is 0 Å². The number of hydrogen-bond acceptors (Lipinski definition) is 2. The normalized spacial score (nSPS) is 10.0. The molecule has 0 unspecified atom stereocenters. The molecular formula is C12H10N2. The number of hydrogen-bond donors (Lipinski definition) is 1. The van der Waals surface area contributed by atoms with Crippen molar-refractivity contribution in [3.63, 3.8) is 0 Å². The van der Waals surface area contributed by atoms with Gasteiger partial charge in [-0.15, -0.1) is 0 Å². The van der Waals surface area contributed by atoms with Crippen LogP contribution >= 0.6 is 0 Å². The Hall–Kier alpha value is -1.85. The van der Waals surface area contributed by atoms with Crippen molar-refractivity contribution in [3.05, 3.63) is 47.5 Å². The number of rotatable bonds is 1. The number of benzene rings is 2. The molecule has 0 aliphatic heterocycles. The molecule has 0 heterocycles. The van der Waals surface area contributed by atoms with Crippen molar-refractivity contribution in [2.45, 2.75) is 6.54 Å². The first-order valence-electron chi connectivity index (χ1n) is 4.46. The summed E-state index contributed by atoms with van der Waals surface area (Å²) in [6.07, 6.45) is 0. The lowest BCUT2D eigenvalue weighted by molar-refractivity contribution is 1.08. The molecule has 0 aliphatic carbocycles. The summed E-state index contributed by atoms with van der Waals surface area (Å²) in [5, 5.41) is 10.9. The quantitative estimate of drug-likeness (QED) is 0.734. The Kier molecular flexibility index (Phi) is 2.18. The third-order valence-electron chi connectivity index (χ3n) is 2.27. The molecular weight excluding hydrogens is 172 g/mol. The fourth-order valence-corrected chi connectivity index (χ4v) is 1.49. The lowest BCUT2D eigenvalue weighted by Gasteiger charge is -2.01. The summed E-state index contributed by atoms with van der Waals surface area (Å²) in [4.78, 5) is 0. The summed E-state index contributed by atoms with van der Waals surface area (Å²) in [5.74, 6) is 0. The van der Waals surface area contributed by atoms with Crippen molar-refractivity contribution in [3.8, 4) is 6.07 Å². The minimum atomic E-state index is 0.552. The number of nitriles is 1. The molecule has 0 spiro atoms. The van der Waals surface area contributed by atoms with Gasteiger partial charge in [0, 0.05) is 6.54 Å². The van der Waals surface area contributed by atoms with Crippen LogP contribution in [0.25, 0.3) is 10.8 Å². The Balaban J connectivity index is 2.64. The van der Waals surface area contributed by atoms with Crippen molar-refractivity contribution in [2.24, 2.45) is 5.73 Å². The third-order valence-corrected chi connectivity index (χ3v) is 2.27. The molecule has 14 heavy (non-hydrogen) atoms. The van der Waals surface area contributed by atoms with Crippen molar-refractivity contribution in [1.82, 2.24) is 0 Å². The molecule has 2 aromatic carbocycles. The Morgan fingerprint density at radius 1 is 1.07 bits per heavy atom. The minimum absolute atomic E-state index is 0.552. The van der Waals surface area contributed by atoms with Crippen molar-refractivity contribution >= 4 is 10.8 Å². The average Bonchev–Trinajstić information content (AvgIpc) is 2.27. The van der Waals surface area contributed by atoms with E-state index in [1.54, 1.807) is 0 Å². The van der Waals surface area contributed by atoms with Crippen molar-refractivity contribution < 1.29 is 0 Å². The number of nitrogens with two attached hydrogens (primary N) is 1. The van der Waals surface area contributed by atoms with Crippen LogP contribution in [0.2, 0.25) is 0 Å². The second kappa shape index (κ2) is 3.49. The Labute approximate surface area is 82.6 Å². The van der Waals surface area contributed by atoms with Crippen LogP contribution in [0, 0.1) is 11.3 Å². The molecule has 0 saturated heterocycles. The molecule has 2 heteroatoms. The van der Waals surface area contributed by atoms with E-state index >= 15 is 0 Å². The number of nitrogens with zero attached hydrogens (tertiary/aromatic N) is 1. The molecule has 0 aromatic heterocycles. The molecule has 0 fully saturated rings. The van der Waals surface area contributed by atoms with Gasteiger partial charge in [-0.2, -0.15) is 5.26 Å². The van der Waals surface area contributed by atoms with Crippen molar-refractivity contribution in [1.29, 1.82) is 5.26 Å². The van der Waals surface area contributed by atoms with Gasteiger partial charge in [-0.25, -0.2) is 0 Å². The van der Waals surface area contributed by atoms with Gasteiger partial charge < -0.3 is 5.73 Å². The fraction of sp³-hybridized carbons (Fsp3) is 0.0833. The maximum absolute atomic E-state index is 8.73. The van der Waals surface area contributed by atoms with E-state index in [0.717, 1.165) is 16.3 Å². The highest BCUT2D eigenvalue weighted by molar-refractivity contribution is 5.84. The first-order valence-corrected chi connectivity index (χ1v) is 4.46. The lowest BCUT2D eigenvalue weighted by atomic mass is 10.0. The summed E-state index contributed by atoms with van der Waals surface area (Å²) in [6, 6.07) is 13.8. The predicted molar refractivity (Wildman–Crippen MR) is 56.6 cm³/mol. The Morgan fingerprint density at radius 3 is 2.50 bits per heavy atom. The van der Waals surface area contributed by atoms with Gasteiger partial charge in [0.1, 0.15) is 0 Å². The molecule has 0 aliphatic rings. The van der Waals surface area contributed by atoms with Gasteiger partial charge in [-0.1, -0.05) is 18.2 Å². The van der Waals surface area contributed by atoms with Crippen LogP contribution in [0.15, 0.2) is 36.4 Å². The van der Waals surface area contributed by atoms with Crippen LogP contribution in [-0.4, -0.2) is 0 Å². The van der Waals surface area contributed by atoms with Crippen LogP contribution in [-0.2, 0) is 6.54 Å². The van der Waals surface area contributed by atoms with Gasteiger partial charge in [0.15, 0.2) is 0 Å². The number of fused-ring (bicyclic) bond motifs is 1. The molecule has 0 bridgehead atoms. The SMILES string of the molecule is N#Cc1ccc2cc(CN)ccc2c1. The molecule has 0 saturated carbocycles. The van der Waals surface area contributed by atoms with Crippen LogP contribution in [0.5, 0.6) is 0 Å². The van der Waals surface area contributed by atoms with Gasteiger partial charge in [0.2, 0.25) is 0 Å². The highest BCUT2D eigenvalue weighted by atomic mass is 14.5. The minimum Gasteiger partial charge on any atom is -0.326 e. The lowest BCUT2D eigenvalue weighted by Crippen LogP contribution is -1.95. The van der Waals surface area contributed by atoms with E-state index in [0.29, 0.717) is 12.1 Å². The first kappa shape index (κ1) is 8.74. The van der Waals surface area contributed by atoms with Gasteiger partial charge in [-0.3, -0.25) is 0 Å². The largest absolute Gasteiger partial charge is 0.326 e. The molecule has 2 aromatic rings. The van der Waals surface area contributed by atoms with E-state index in [1.807, 2.05) is 30.3 Å². The predicted octanol–water partition coefficient (Wildman–Crippen LogP) is 2.17. The highest BCUT2D eigenvalue weighted by Gasteiger charge is 1.96. The zero-order valence-electron chi connectivity index (χ0n) is 7.70. The van der Waals surface area contributed by atoms with E-state index in [-0.39, 0.29) is 0 Å². The summed E-state index contributed by atoms with van der Waals surface area (Å²) < 4.78 is 0. The molecule has 68 valence electrons. The zero-order valence-corrected chi connectivity index (χ0v) is 7.70. The third kappa shape index (κ3) is 1.46. The Morgan fingerprint density at radius 2 is 1.79 bits per heavy atom. The maximum atomic E-state index is 8.73. The van der Waals surface area contributed by atoms with Crippen LogP contribution in [0.1, 0.15) is 11.1 Å². The summed E-state index contributed by atoms with van der Waals surface area (Å²) in [6.45, 7) is 0.552. The molecule has 0 radical (unpaired) electrons. The van der Waals surface area contributed by atoms with Gasteiger partial charge in [-0.05, 0) is 34.5 Å². The van der Waals surface area contributed by atoms with E-state index < -0.39 is 0 Å². The van der Waals surface area contributed by atoms with Gasteiger partial charge in [0.05, 0.1) is 11.6 Å². The maximum Gasteiger partial charge on any atom is 0.0991 e. The molecule has 2 N–H and O–H groups in total. The molecule has 2 rings (SSSR count). The van der Waals surface area contributed by atoms with Crippen LogP contribution in [0.4, 0.5) is 0 Å². The Bertz CT molecular complexity index is 509.